The van der Waals surface area contributed by atoms with E-state index < -0.39 is 29.0 Å². The highest BCUT2D eigenvalue weighted by Crippen LogP contribution is 2.28. The van der Waals surface area contributed by atoms with E-state index in [0.717, 1.165) is 21.7 Å². The molecule has 1 fully saturated rings. The van der Waals surface area contributed by atoms with Gasteiger partial charge in [0.15, 0.2) is 0 Å². The second-order valence-corrected chi connectivity index (χ2v) is 12.5. The van der Waals surface area contributed by atoms with E-state index in [-0.39, 0.29) is 30.7 Å². The maximum atomic E-state index is 13.6. The van der Waals surface area contributed by atoms with Gasteiger partial charge in [0.2, 0.25) is 17.7 Å². The highest BCUT2D eigenvalue weighted by atomic mass is 32.1. The number of aliphatic hydroxyl groups excluding tert-OH is 1. The number of nitrogens with zero attached hydrogens (tertiary/aromatic N) is 2. The summed E-state index contributed by atoms with van der Waals surface area (Å²) in [5.74, 6) is -0.924. The van der Waals surface area contributed by atoms with Crippen molar-refractivity contribution in [1.29, 1.82) is 0 Å². The van der Waals surface area contributed by atoms with Crippen molar-refractivity contribution in [2.75, 3.05) is 6.54 Å². The van der Waals surface area contributed by atoms with Gasteiger partial charge in [-0.15, -0.1) is 11.3 Å². The second-order valence-electron chi connectivity index (χ2n) is 11.6. The number of amides is 3. The minimum Gasteiger partial charge on any atom is -0.391 e. The van der Waals surface area contributed by atoms with Gasteiger partial charge in [-0.2, -0.15) is 0 Å². The van der Waals surface area contributed by atoms with Crippen LogP contribution in [0.4, 0.5) is 0 Å². The first-order valence-corrected chi connectivity index (χ1v) is 13.1. The largest absolute Gasteiger partial charge is 0.391 e. The van der Waals surface area contributed by atoms with Gasteiger partial charge in [-0.3, -0.25) is 14.4 Å². The van der Waals surface area contributed by atoms with E-state index in [1.807, 2.05) is 57.5 Å². The Kier molecular flexibility index (Phi) is 8.25. The molecule has 0 spiro atoms. The standard InChI is InChI=1S/C27H38N4O4S/c1-16-21(36-15-29-16)18-10-8-17(9-11-18)13-28-23(33)20-12-19(32)14-31(20)24(34)22(26(2,3)4)30-25(35)27(5,6)7/h8-11,15,19-20,22,32H,12-14H2,1-7H3,(H,28,33)(H,30,35)/t19-,20-,22+/m0/s1. The number of aromatic nitrogens is 1. The summed E-state index contributed by atoms with van der Waals surface area (Å²) in [6.07, 6.45) is -0.642. The molecule has 36 heavy (non-hydrogen) atoms. The van der Waals surface area contributed by atoms with E-state index in [2.05, 4.69) is 15.6 Å². The van der Waals surface area contributed by atoms with Gasteiger partial charge in [0, 0.05) is 24.9 Å². The summed E-state index contributed by atoms with van der Waals surface area (Å²) in [6.45, 7) is 13.3. The van der Waals surface area contributed by atoms with Crippen molar-refractivity contribution in [3.63, 3.8) is 0 Å². The van der Waals surface area contributed by atoms with Gasteiger partial charge in [-0.05, 0) is 23.5 Å². The summed E-state index contributed by atoms with van der Waals surface area (Å²) in [4.78, 5) is 46.2. The number of hydrogen-bond acceptors (Lipinski definition) is 6. The Bertz CT molecular complexity index is 1100. The fourth-order valence-corrected chi connectivity index (χ4v) is 4.94. The molecule has 0 bridgehead atoms. The predicted octanol–water partition coefficient (Wildman–Crippen LogP) is 3.27. The lowest BCUT2D eigenvalue weighted by molar-refractivity contribution is -0.145. The van der Waals surface area contributed by atoms with Crippen LogP contribution in [0.5, 0.6) is 0 Å². The number of aryl methyl sites for hydroxylation is 1. The lowest BCUT2D eigenvalue weighted by Gasteiger charge is -2.36. The van der Waals surface area contributed by atoms with E-state index in [4.69, 9.17) is 0 Å². The number of likely N-dealkylation sites (tertiary alicyclic amines) is 1. The molecule has 1 aliphatic rings. The third-order valence-corrected chi connectivity index (χ3v) is 7.34. The molecule has 1 saturated heterocycles. The lowest BCUT2D eigenvalue weighted by atomic mass is 9.84. The Labute approximate surface area is 217 Å². The lowest BCUT2D eigenvalue weighted by Crippen LogP contribution is -2.59. The van der Waals surface area contributed by atoms with Gasteiger partial charge in [-0.1, -0.05) is 65.8 Å². The highest BCUT2D eigenvalue weighted by Gasteiger charge is 2.45. The molecule has 9 heteroatoms. The number of nitrogens with one attached hydrogen (secondary N) is 2. The molecule has 0 unspecified atom stereocenters. The molecule has 3 rings (SSSR count). The normalized spacial score (nSPS) is 19.2. The van der Waals surface area contributed by atoms with Crippen LogP contribution in [0.25, 0.3) is 10.4 Å². The molecule has 0 radical (unpaired) electrons. The van der Waals surface area contributed by atoms with Crippen LogP contribution in [0.15, 0.2) is 29.8 Å². The average molecular weight is 515 g/mol. The van der Waals surface area contributed by atoms with Gasteiger partial charge in [0.1, 0.15) is 12.1 Å². The number of carbonyl (C=O) groups excluding carboxylic acids is 3. The Hall–Kier alpha value is -2.78. The summed E-state index contributed by atoms with van der Waals surface area (Å²) < 4.78 is 0. The molecule has 1 aliphatic heterocycles. The number of β-amino-alcohol motifs (C(OH)–C–C–N with tert-alkyl or cyclic N) is 1. The van der Waals surface area contributed by atoms with Crippen LogP contribution >= 0.6 is 11.3 Å². The summed E-state index contributed by atoms with van der Waals surface area (Å²) in [5, 5.41) is 16.1. The minimum absolute atomic E-state index is 0.0534. The number of benzene rings is 1. The van der Waals surface area contributed by atoms with Crippen LogP contribution in [0, 0.1) is 17.8 Å². The van der Waals surface area contributed by atoms with Crippen LogP contribution in [0.3, 0.4) is 0 Å². The first-order valence-electron chi connectivity index (χ1n) is 12.2. The molecular formula is C27H38N4O4S. The Morgan fingerprint density at radius 2 is 1.78 bits per heavy atom. The smallest absolute Gasteiger partial charge is 0.246 e. The quantitative estimate of drug-likeness (QED) is 0.548. The Balaban J connectivity index is 1.69. The number of hydrogen-bond donors (Lipinski definition) is 3. The molecular weight excluding hydrogens is 476 g/mol. The Morgan fingerprint density at radius 1 is 1.14 bits per heavy atom. The minimum atomic E-state index is -0.826. The summed E-state index contributed by atoms with van der Waals surface area (Å²) in [6, 6.07) is 6.29. The molecule has 3 atom stereocenters. The first-order chi connectivity index (χ1) is 16.7. The topological polar surface area (TPSA) is 112 Å². The maximum absolute atomic E-state index is 13.6. The maximum Gasteiger partial charge on any atom is 0.246 e. The summed E-state index contributed by atoms with van der Waals surface area (Å²) in [7, 11) is 0. The Morgan fingerprint density at radius 3 is 2.31 bits per heavy atom. The van der Waals surface area contributed by atoms with Crippen LogP contribution in [0.1, 0.15) is 59.2 Å². The van der Waals surface area contributed by atoms with Gasteiger partial charge < -0.3 is 20.6 Å². The van der Waals surface area contributed by atoms with E-state index >= 15 is 0 Å². The van der Waals surface area contributed by atoms with E-state index in [9.17, 15) is 19.5 Å². The average Bonchev–Trinajstić information content (AvgIpc) is 3.39. The van der Waals surface area contributed by atoms with Crippen LogP contribution in [0.2, 0.25) is 0 Å². The van der Waals surface area contributed by atoms with Crippen molar-refractivity contribution < 1.29 is 19.5 Å². The highest BCUT2D eigenvalue weighted by molar-refractivity contribution is 7.13. The molecule has 1 aromatic heterocycles. The second kappa shape index (κ2) is 10.7. The SMILES string of the molecule is Cc1ncsc1-c1ccc(CNC(=O)[C@@H]2C[C@H](O)CN2C(=O)[C@@H](NC(=O)C(C)(C)C)C(C)(C)C)cc1. The zero-order valence-electron chi connectivity index (χ0n) is 22.2. The molecule has 8 nitrogen and oxygen atoms in total. The monoisotopic (exact) mass is 514 g/mol. The van der Waals surface area contributed by atoms with Crippen molar-refractivity contribution >= 4 is 29.1 Å². The molecule has 0 aliphatic carbocycles. The number of rotatable bonds is 6. The van der Waals surface area contributed by atoms with E-state index in [1.165, 1.54) is 4.90 Å². The summed E-state index contributed by atoms with van der Waals surface area (Å²) >= 11 is 1.59. The van der Waals surface area contributed by atoms with E-state index in [1.54, 1.807) is 32.1 Å². The van der Waals surface area contributed by atoms with Crippen molar-refractivity contribution in [3.05, 3.63) is 41.0 Å². The summed E-state index contributed by atoms with van der Waals surface area (Å²) in [5.41, 5.74) is 3.56. The number of aliphatic hydroxyl groups is 1. The molecule has 3 N–H and O–H groups in total. The van der Waals surface area contributed by atoms with Crippen molar-refractivity contribution in [1.82, 2.24) is 20.5 Å². The van der Waals surface area contributed by atoms with Crippen molar-refractivity contribution in [2.24, 2.45) is 10.8 Å². The zero-order valence-corrected chi connectivity index (χ0v) is 23.0. The molecule has 0 saturated carbocycles. The van der Waals surface area contributed by atoms with Gasteiger partial charge in [0.05, 0.1) is 22.2 Å². The third-order valence-electron chi connectivity index (χ3n) is 6.36. The van der Waals surface area contributed by atoms with Crippen LogP contribution in [-0.2, 0) is 20.9 Å². The van der Waals surface area contributed by atoms with Crippen LogP contribution < -0.4 is 10.6 Å². The fourth-order valence-electron chi connectivity index (χ4n) is 4.13. The molecule has 196 valence electrons. The fraction of sp³-hybridized carbons (Fsp3) is 0.556. The predicted molar refractivity (Wildman–Crippen MR) is 141 cm³/mol. The number of carbonyl (C=O) groups is 3. The third kappa shape index (κ3) is 6.50. The molecule has 1 aromatic carbocycles. The van der Waals surface area contributed by atoms with Gasteiger partial charge in [-0.25, -0.2) is 4.98 Å². The van der Waals surface area contributed by atoms with Gasteiger partial charge >= 0.3 is 0 Å². The molecule has 2 heterocycles. The van der Waals surface area contributed by atoms with Crippen LogP contribution in [-0.4, -0.2) is 57.4 Å². The van der Waals surface area contributed by atoms with Crippen molar-refractivity contribution in [3.8, 4) is 10.4 Å². The van der Waals surface area contributed by atoms with Gasteiger partial charge in [0.25, 0.3) is 0 Å². The molecule has 2 aromatic rings. The first kappa shape index (κ1) is 27.8. The number of thiazole rings is 1. The zero-order chi connectivity index (χ0) is 26.8. The van der Waals surface area contributed by atoms with E-state index in [0.29, 0.717) is 6.54 Å². The molecule has 3 amide bonds. The van der Waals surface area contributed by atoms with Crippen molar-refractivity contribution in [2.45, 2.75) is 79.6 Å².